The Balaban J connectivity index is 0.000000299. The number of carbonyl (C=O) groups is 1. The first kappa shape index (κ1) is 23.4. The van der Waals surface area contributed by atoms with Crippen LogP contribution in [0.15, 0.2) is 47.5 Å². The highest BCUT2D eigenvalue weighted by Gasteiger charge is 2.06. The molecule has 28 heavy (non-hydrogen) atoms. The van der Waals surface area contributed by atoms with Crippen LogP contribution < -0.4 is 10.6 Å². The maximum absolute atomic E-state index is 9.17. The number of nitrogens with zero attached hydrogens (tertiary/aromatic N) is 2. The quantitative estimate of drug-likeness (QED) is 0.559. The number of carbonyl (C=O) groups excluding carboxylic acids is 1. The average molecular weight is 401 g/mol. The summed E-state index contributed by atoms with van der Waals surface area (Å²) in [7, 11) is 5.76. The summed E-state index contributed by atoms with van der Waals surface area (Å²) < 4.78 is 3.17. The third-order valence-corrected chi connectivity index (χ3v) is 4.90. The van der Waals surface area contributed by atoms with Crippen molar-refractivity contribution in [1.82, 2.24) is 15.1 Å². The standard InChI is InChI=1S/C13H13N3S.C6H13N.C3H6O/c1-14-13-8-11(15-16(13)2)9-3-4-12-10(7-9)5-6-17-12;1-4-6(2)5-7-3;1-2-3-4/h3-8,14H,1-2H3;5,7H,4H2,1-3H3;3H,2H2,1H3. The fraction of sp³-hybridized carbons (Fsp3) is 0.364. The smallest absolute Gasteiger partial charge is 0.124 e. The van der Waals surface area contributed by atoms with E-state index in [1.54, 1.807) is 11.3 Å². The van der Waals surface area contributed by atoms with E-state index in [9.17, 15) is 4.79 Å². The average Bonchev–Trinajstić information content (AvgIpc) is 3.34. The number of aldehydes is 1. The summed E-state index contributed by atoms with van der Waals surface area (Å²) in [4.78, 5) is 9.17. The van der Waals surface area contributed by atoms with Gasteiger partial charge in [-0.15, -0.1) is 11.3 Å². The number of fused-ring (bicyclic) bond motifs is 1. The summed E-state index contributed by atoms with van der Waals surface area (Å²) in [5.41, 5.74) is 3.56. The van der Waals surface area contributed by atoms with Gasteiger partial charge < -0.3 is 15.4 Å². The van der Waals surface area contributed by atoms with Crippen LogP contribution in [-0.2, 0) is 11.8 Å². The van der Waals surface area contributed by atoms with E-state index in [1.807, 2.05) is 38.9 Å². The van der Waals surface area contributed by atoms with Crippen molar-refractivity contribution >= 4 is 33.5 Å². The molecule has 152 valence electrons. The Morgan fingerprint density at radius 3 is 2.43 bits per heavy atom. The molecule has 0 fully saturated rings. The highest BCUT2D eigenvalue weighted by molar-refractivity contribution is 7.17. The molecule has 2 aromatic heterocycles. The number of thiophene rings is 1. The van der Waals surface area contributed by atoms with Crippen molar-refractivity contribution < 1.29 is 4.79 Å². The molecule has 0 aliphatic rings. The number of aryl methyl sites for hydroxylation is 1. The fourth-order valence-electron chi connectivity index (χ4n) is 2.32. The number of hydrogen-bond acceptors (Lipinski definition) is 5. The number of anilines is 1. The largest absolute Gasteiger partial charge is 0.394 e. The van der Waals surface area contributed by atoms with Crippen LogP contribution in [0.1, 0.15) is 33.6 Å². The van der Waals surface area contributed by atoms with Gasteiger partial charge in [-0.2, -0.15) is 5.10 Å². The Kier molecular flexibility index (Phi) is 10.7. The van der Waals surface area contributed by atoms with E-state index in [4.69, 9.17) is 0 Å². The van der Waals surface area contributed by atoms with Gasteiger partial charge in [0.1, 0.15) is 12.1 Å². The van der Waals surface area contributed by atoms with Crippen LogP contribution in [-0.4, -0.2) is 30.2 Å². The van der Waals surface area contributed by atoms with E-state index in [-0.39, 0.29) is 0 Å². The number of aromatic nitrogens is 2. The molecule has 0 saturated carbocycles. The predicted octanol–water partition coefficient (Wildman–Crippen LogP) is 5.46. The first-order chi connectivity index (χ1) is 13.5. The Labute approximate surface area is 172 Å². The summed E-state index contributed by atoms with van der Waals surface area (Å²) in [6.07, 6.45) is 4.67. The summed E-state index contributed by atoms with van der Waals surface area (Å²) in [6, 6.07) is 10.7. The molecule has 0 atom stereocenters. The minimum absolute atomic E-state index is 0.639. The molecule has 0 bridgehead atoms. The molecule has 0 radical (unpaired) electrons. The van der Waals surface area contributed by atoms with Crippen molar-refractivity contribution in [3.05, 3.63) is 47.5 Å². The van der Waals surface area contributed by atoms with E-state index in [2.05, 4.69) is 65.3 Å². The highest BCUT2D eigenvalue weighted by Crippen LogP contribution is 2.27. The van der Waals surface area contributed by atoms with Crippen LogP contribution in [0.5, 0.6) is 0 Å². The highest BCUT2D eigenvalue weighted by atomic mass is 32.1. The number of allylic oxidation sites excluding steroid dienone is 1. The second kappa shape index (κ2) is 12.7. The lowest BCUT2D eigenvalue weighted by molar-refractivity contribution is -0.107. The maximum Gasteiger partial charge on any atom is 0.124 e. The lowest BCUT2D eigenvalue weighted by Gasteiger charge is -1.96. The van der Waals surface area contributed by atoms with Crippen LogP contribution in [0.2, 0.25) is 0 Å². The van der Waals surface area contributed by atoms with Crippen LogP contribution in [0.25, 0.3) is 21.3 Å². The minimum atomic E-state index is 0.639. The Morgan fingerprint density at radius 1 is 1.21 bits per heavy atom. The fourth-order valence-corrected chi connectivity index (χ4v) is 3.09. The summed E-state index contributed by atoms with van der Waals surface area (Å²) >= 11 is 1.77. The predicted molar refractivity (Wildman–Crippen MR) is 123 cm³/mol. The lowest BCUT2D eigenvalue weighted by Crippen LogP contribution is -1.97. The Bertz CT molecular complexity index is 880. The van der Waals surface area contributed by atoms with Crippen LogP contribution in [0.4, 0.5) is 5.82 Å². The van der Waals surface area contributed by atoms with Crippen molar-refractivity contribution in [3.63, 3.8) is 0 Å². The van der Waals surface area contributed by atoms with Crippen molar-refractivity contribution in [2.24, 2.45) is 7.05 Å². The van der Waals surface area contributed by atoms with Gasteiger partial charge in [0.25, 0.3) is 0 Å². The molecule has 0 aliphatic heterocycles. The third kappa shape index (κ3) is 7.19. The molecular formula is C22H32N4OS. The van der Waals surface area contributed by atoms with E-state index in [0.29, 0.717) is 6.42 Å². The van der Waals surface area contributed by atoms with Gasteiger partial charge in [0.15, 0.2) is 0 Å². The van der Waals surface area contributed by atoms with Crippen LogP contribution in [0, 0.1) is 0 Å². The van der Waals surface area contributed by atoms with Crippen LogP contribution >= 0.6 is 11.3 Å². The molecule has 5 nitrogen and oxygen atoms in total. The Hall–Kier alpha value is -2.60. The molecule has 0 amide bonds. The first-order valence-corrected chi connectivity index (χ1v) is 10.3. The Morgan fingerprint density at radius 2 is 1.93 bits per heavy atom. The van der Waals surface area contributed by atoms with Gasteiger partial charge in [-0.25, -0.2) is 0 Å². The van der Waals surface area contributed by atoms with Gasteiger partial charge in [0, 0.05) is 43.9 Å². The molecule has 2 N–H and O–H groups in total. The molecule has 1 aromatic carbocycles. The van der Waals surface area contributed by atoms with Gasteiger partial charge in [-0.3, -0.25) is 4.68 Å². The topological polar surface area (TPSA) is 59.0 Å². The third-order valence-electron chi connectivity index (χ3n) is 4.00. The lowest BCUT2D eigenvalue weighted by atomic mass is 10.1. The van der Waals surface area contributed by atoms with E-state index in [0.717, 1.165) is 29.8 Å². The zero-order valence-corrected chi connectivity index (χ0v) is 18.6. The maximum atomic E-state index is 9.17. The van der Waals surface area contributed by atoms with Crippen molar-refractivity contribution in [3.8, 4) is 11.3 Å². The minimum Gasteiger partial charge on any atom is -0.394 e. The molecule has 3 rings (SSSR count). The summed E-state index contributed by atoms with van der Waals surface area (Å²) in [5, 5.41) is 14.0. The first-order valence-electron chi connectivity index (χ1n) is 9.46. The summed E-state index contributed by atoms with van der Waals surface area (Å²) in [6.45, 7) is 6.06. The number of hydrogen-bond donors (Lipinski definition) is 2. The molecule has 0 spiro atoms. The summed E-state index contributed by atoms with van der Waals surface area (Å²) in [5.74, 6) is 1.02. The van der Waals surface area contributed by atoms with E-state index in [1.165, 1.54) is 15.7 Å². The molecule has 0 saturated heterocycles. The van der Waals surface area contributed by atoms with Crippen molar-refractivity contribution in [1.29, 1.82) is 0 Å². The molecular weight excluding hydrogens is 368 g/mol. The van der Waals surface area contributed by atoms with Crippen molar-refractivity contribution in [2.45, 2.75) is 33.6 Å². The van der Waals surface area contributed by atoms with E-state index < -0.39 is 0 Å². The second-order valence-corrected chi connectivity index (χ2v) is 7.12. The molecule has 0 unspecified atom stereocenters. The second-order valence-electron chi connectivity index (χ2n) is 6.17. The van der Waals surface area contributed by atoms with E-state index >= 15 is 0 Å². The van der Waals surface area contributed by atoms with Crippen molar-refractivity contribution in [2.75, 3.05) is 19.4 Å². The number of nitrogens with one attached hydrogen (secondary N) is 2. The molecule has 0 aliphatic carbocycles. The SMILES string of the molecule is CCC(C)=CNC.CCC=O.CNc1cc(-c2ccc3sccc3c2)nn1C. The van der Waals surface area contributed by atoms with Gasteiger partial charge in [0.2, 0.25) is 0 Å². The van der Waals surface area contributed by atoms with Gasteiger partial charge in [0.05, 0.1) is 5.69 Å². The number of rotatable bonds is 5. The van der Waals surface area contributed by atoms with Gasteiger partial charge in [-0.05, 0) is 48.5 Å². The molecule has 2 heterocycles. The van der Waals surface area contributed by atoms with Gasteiger partial charge >= 0.3 is 0 Å². The number of benzene rings is 1. The monoisotopic (exact) mass is 400 g/mol. The van der Waals surface area contributed by atoms with Crippen LogP contribution in [0.3, 0.4) is 0 Å². The molecule has 6 heteroatoms. The zero-order chi connectivity index (χ0) is 20.9. The van der Waals surface area contributed by atoms with Gasteiger partial charge in [-0.1, -0.05) is 25.5 Å². The molecule has 3 aromatic rings. The zero-order valence-electron chi connectivity index (χ0n) is 17.7. The normalized spacial score (nSPS) is 10.4.